The van der Waals surface area contributed by atoms with Gasteiger partial charge in [-0.05, 0) is 120 Å². The van der Waals surface area contributed by atoms with E-state index in [1.165, 1.54) is 54.9 Å². The number of benzene rings is 3. The minimum absolute atomic E-state index is 0.102. The van der Waals surface area contributed by atoms with Gasteiger partial charge in [0.05, 0.1) is 49.2 Å². The fourth-order valence-electron chi connectivity index (χ4n) is 10.5. The zero-order valence-electron chi connectivity index (χ0n) is 37.0. The highest BCUT2D eigenvalue weighted by Gasteiger charge is 2.43. The number of H-pyrrole nitrogens is 2. The van der Waals surface area contributed by atoms with Crippen molar-refractivity contribution >= 4 is 35.0 Å². The maximum Gasteiger partial charge on any atom is 0.407 e. The predicted octanol–water partition coefficient (Wildman–Crippen LogP) is 8.42. The Morgan fingerprint density at radius 2 is 1.29 bits per heavy atom. The number of hydrogen-bond donors (Lipinski definition) is 4. The van der Waals surface area contributed by atoms with Crippen molar-refractivity contribution in [2.45, 2.75) is 103 Å². The maximum absolute atomic E-state index is 13.8. The minimum atomic E-state index is -0.687. The highest BCUT2D eigenvalue weighted by Crippen LogP contribution is 2.56. The zero-order chi connectivity index (χ0) is 44.1. The average molecular weight is 855 g/mol. The van der Waals surface area contributed by atoms with Crippen LogP contribution in [0.25, 0.3) is 44.5 Å². The van der Waals surface area contributed by atoms with Crippen LogP contribution in [0, 0.1) is 17.8 Å². The predicted molar refractivity (Wildman–Crippen MR) is 239 cm³/mol. The fourth-order valence-corrected chi connectivity index (χ4v) is 10.5. The molecule has 4 aliphatic rings. The molecule has 14 heteroatoms. The number of likely N-dealkylation sites (tertiary alicyclic amines) is 2. The smallest absolute Gasteiger partial charge is 0.407 e. The van der Waals surface area contributed by atoms with Crippen LogP contribution in [-0.4, -0.2) is 93.1 Å². The van der Waals surface area contributed by atoms with Gasteiger partial charge < -0.3 is 39.9 Å². The first-order chi connectivity index (χ1) is 30.4. The molecular formula is C49H58N8O6. The maximum atomic E-state index is 13.8. The molecule has 63 heavy (non-hydrogen) atoms. The van der Waals surface area contributed by atoms with E-state index in [-0.39, 0.29) is 35.7 Å². The van der Waals surface area contributed by atoms with E-state index in [2.05, 4.69) is 75.2 Å². The number of nitrogens with one attached hydrogen (secondary N) is 4. The van der Waals surface area contributed by atoms with Crippen LogP contribution in [0.1, 0.15) is 107 Å². The summed E-state index contributed by atoms with van der Waals surface area (Å²) in [4.78, 5) is 72.1. The summed E-state index contributed by atoms with van der Waals surface area (Å²) >= 11 is 0. The molecule has 9 rings (SSSR count). The SMILES string of the molecule is COC(=O)N[C@H](C(=O)N1CCC[C@H]1c1ncc(-c2ccc(-c3ccc(-c4ccc5nc([C@@H]6CCCN6C(=O)[C@@H](NC(=O)OC)C(C)C)[nH]c5c4)c4c3C3CCC3C4)cc2)[nH]1)C(C)C. The number of aromatic amines is 2. The Morgan fingerprint density at radius 1 is 0.698 bits per heavy atom. The molecule has 330 valence electrons. The quantitative estimate of drug-likeness (QED) is 0.102. The van der Waals surface area contributed by atoms with E-state index in [4.69, 9.17) is 19.4 Å². The third kappa shape index (κ3) is 7.82. The van der Waals surface area contributed by atoms with Gasteiger partial charge in [-0.1, -0.05) is 70.2 Å². The molecule has 6 atom stereocenters. The standard InChI is InChI=1S/C49H58N8O6/c1-26(2)42(54-48(60)62-5)46(58)56-21-7-9-39(56)44-50-25-38(53-44)29-13-11-28(12-14-29)33-19-18-32(35-23-30-15-17-34(30)41(33)35)31-16-20-36-37(24-31)52-45(51-36)40-10-8-22-57(40)47(59)43(27(3)4)55-49(61)63-6/h11-14,16,18-20,24-27,30,34,39-40,42-43H,7-10,15,17,21-23H2,1-6H3,(H,50,53)(H,51,52)(H,54,60)(H,55,61)/t30?,34?,39-,40-,42-,43-/m0/s1. The van der Waals surface area contributed by atoms with Gasteiger partial charge >= 0.3 is 12.2 Å². The van der Waals surface area contributed by atoms with Crippen molar-refractivity contribution < 1.29 is 28.7 Å². The number of aromatic nitrogens is 4. The molecule has 4 N–H and O–H groups in total. The van der Waals surface area contributed by atoms with Crippen molar-refractivity contribution in [1.29, 1.82) is 0 Å². The molecule has 1 saturated carbocycles. The summed E-state index contributed by atoms with van der Waals surface area (Å²) < 4.78 is 9.61. The van der Waals surface area contributed by atoms with Gasteiger partial charge in [0.25, 0.3) is 0 Å². The summed E-state index contributed by atoms with van der Waals surface area (Å²) in [6.07, 6.45) is 7.43. The van der Waals surface area contributed by atoms with Crippen LogP contribution >= 0.6 is 0 Å². The number of hydrogen-bond acceptors (Lipinski definition) is 8. The molecule has 3 aromatic carbocycles. The molecule has 2 aliphatic heterocycles. The topological polar surface area (TPSA) is 175 Å². The molecule has 5 aromatic rings. The number of carbonyl (C=O) groups is 4. The first kappa shape index (κ1) is 42.1. The normalized spacial score (nSPS) is 21.3. The molecule has 0 bridgehead atoms. The fraction of sp³-hybridized carbons (Fsp3) is 0.469. The summed E-state index contributed by atoms with van der Waals surface area (Å²) in [5.74, 6) is 2.27. The van der Waals surface area contributed by atoms with Crippen LogP contribution in [0.5, 0.6) is 0 Å². The number of amides is 4. The molecule has 3 fully saturated rings. The third-order valence-electron chi connectivity index (χ3n) is 14.0. The average Bonchev–Trinajstić information content (AvgIpc) is 4.13. The highest BCUT2D eigenvalue weighted by molar-refractivity contribution is 5.89. The van der Waals surface area contributed by atoms with Crippen LogP contribution in [0.2, 0.25) is 0 Å². The zero-order valence-corrected chi connectivity index (χ0v) is 37.0. The van der Waals surface area contributed by atoms with E-state index in [0.29, 0.717) is 24.9 Å². The minimum Gasteiger partial charge on any atom is -0.453 e. The number of alkyl carbamates (subject to hydrolysis) is 2. The Hall–Kier alpha value is -6.18. The Bertz CT molecular complexity index is 2540. The first-order valence-corrected chi connectivity index (χ1v) is 22.6. The molecule has 0 radical (unpaired) electrons. The van der Waals surface area contributed by atoms with Crippen LogP contribution in [0.4, 0.5) is 9.59 Å². The van der Waals surface area contributed by atoms with E-state index in [9.17, 15) is 19.2 Å². The van der Waals surface area contributed by atoms with Crippen molar-refractivity contribution in [3.8, 4) is 33.5 Å². The van der Waals surface area contributed by atoms with E-state index >= 15 is 0 Å². The molecular weight excluding hydrogens is 797 g/mol. The molecule has 2 saturated heterocycles. The van der Waals surface area contributed by atoms with E-state index in [1.807, 2.05) is 43.7 Å². The molecule has 2 unspecified atom stereocenters. The molecule has 4 amide bonds. The Balaban J connectivity index is 0.946. The molecule has 14 nitrogen and oxygen atoms in total. The van der Waals surface area contributed by atoms with Crippen molar-refractivity contribution in [2.24, 2.45) is 17.8 Å². The van der Waals surface area contributed by atoms with Crippen molar-refractivity contribution in [3.63, 3.8) is 0 Å². The summed E-state index contributed by atoms with van der Waals surface area (Å²) in [6, 6.07) is 18.0. The van der Waals surface area contributed by atoms with Crippen molar-refractivity contribution in [1.82, 2.24) is 40.4 Å². The number of fused-ring (bicyclic) bond motifs is 4. The second kappa shape index (κ2) is 17.2. The lowest BCUT2D eigenvalue weighted by Crippen LogP contribution is -2.51. The molecule has 0 spiro atoms. The molecule has 2 aromatic heterocycles. The number of ether oxygens (including phenoxy) is 2. The number of imidazole rings is 2. The Kier molecular flexibility index (Phi) is 11.5. The lowest BCUT2D eigenvalue weighted by atomic mass is 9.73. The van der Waals surface area contributed by atoms with Crippen LogP contribution in [0.3, 0.4) is 0 Å². The number of rotatable bonds is 11. The van der Waals surface area contributed by atoms with Crippen molar-refractivity contribution in [3.05, 3.63) is 83.6 Å². The summed E-state index contributed by atoms with van der Waals surface area (Å²) in [5, 5.41) is 5.46. The number of methoxy groups -OCH3 is 2. The monoisotopic (exact) mass is 854 g/mol. The van der Waals surface area contributed by atoms with Gasteiger partial charge in [0, 0.05) is 13.1 Å². The van der Waals surface area contributed by atoms with E-state index < -0.39 is 24.3 Å². The van der Waals surface area contributed by atoms with E-state index in [1.54, 1.807) is 0 Å². The lowest BCUT2D eigenvalue weighted by Gasteiger charge is -2.31. The Morgan fingerprint density at radius 3 is 1.87 bits per heavy atom. The second-order valence-corrected chi connectivity index (χ2v) is 18.4. The van der Waals surface area contributed by atoms with Gasteiger partial charge in [0.1, 0.15) is 23.7 Å². The van der Waals surface area contributed by atoms with Crippen molar-refractivity contribution in [2.75, 3.05) is 27.3 Å². The van der Waals surface area contributed by atoms with Gasteiger partial charge in [0.15, 0.2) is 0 Å². The highest BCUT2D eigenvalue weighted by atomic mass is 16.5. The van der Waals surface area contributed by atoms with Gasteiger partial charge in [0.2, 0.25) is 11.8 Å². The first-order valence-electron chi connectivity index (χ1n) is 22.6. The van der Waals surface area contributed by atoms with E-state index in [0.717, 1.165) is 71.6 Å². The summed E-state index contributed by atoms with van der Waals surface area (Å²) in [7, 11) is 2.61. The molecule has 2 aliphatic carbocycles. The Labute approximate surface area is 367 Å². The summed E-state index contributed by atoms with van der Waals surface area (Å²) in [5.41, 5.74) is 11.5. The van der Waals surface area contributed by atoms with Gasteiger partial charge in [-0.2, -0.15) is 0 Å². The summed E-state index contributed by atoms with van der Waals surface area (Å²) in [6.45, 7) is 8.88. The molecule has 4 heterocycles. The number of nitrogens with zero attached hydrogens (tertiary/aromatic N) is 4. The van der Waals surface area contributed by atoms with Crippen LogP contribution in [-0.2, 0) is 25.5 Å². The van der Waals surface area contributed by atoms with Crippen LogP contribution < -0.4 is 10.6 Å². The third-order valence-corrected chi connectivity index (χ3v) is 14.0. The van der Waals surface area contributed by atoms with Gasteiger partial charge in [-0.25, -0.2) is 19.6 Å². The largest absolute Gasteiger partial charge is 0.453 e. The number of carbonyl (C=O) groups excluding carboxylic acids is 4. The van der Waals surface area contributed by atoms with Crippen LogP contribution in [0.15, 0.2) is 60.8 Å². The van der Waals surface area contributed by atoms with Gasteiger partial charge in [-0.15, -0.1) is 0 Å². The van der Waals surface area contributed by atoms with Gasteiger partial charge in [-0.3, -0.25) is 9.59 Å². The lowest BCUT2D eigenvalue weighted by molar-refractivity contribution is -0.136. The second-order valence-electron chi connectivity index (χ2n) is 18.4.